The number of halogens is 4. The highest BCUT2D eigenvalue weighted by Crippen LogP contribution is 2.28. The van der Waals surface area contributed by atoms with Crippen molar-refractivity contribution in [1.82, 2.24) is 14.9 Å². The molecule has 0 aliphatic rings. The minimum atomic E-state index is -1.22. The Morgan fingerprint density at radius 2 is 1.91 bits per heavy atom. The van der Waals surface area contributed by atoms with E-state index in [-0.39, 0.29) is 33.3 Å². The Kier molecular flexibility index (Phi) is 8.40. The first-order valence-electron chi connectivity index (χ1n) is 11.0. The van der Waals surface area contributed by atoms with Crippen LogP contribution in [0.3, 0.4) is 0 Å². The Bertz CT molecular complexity index is 1170. The number of rotatable bonds is 10. The molecule has 0 aliphatic carbocycles. The van der Waals surface area contributed by atoms with Crippen LogP contribution >= 0.6 is 11.6 Å². The lowest BCUT2D eigenvalue weighted by molar-refractivity contribution is 0.275. The number of fused-ring (bicyclic) bond motifs is 1. The normalized spacial score (nSPS) is 11.6. The first-order valence-corrected chi connectivity index (χ1v) is 11.4. The van der Waals surface area contributed by atoms with Gasteiger partial charge in [0.05, 0.1) is 16.2 Å². The molecule has 0 fully saturated rings. The second-order valence-electron chi connectivity index (χ2n) is 8.16. The molecule has 4 N–H and O–H groups in total. The summed E-state index contributed by atoms with van der Waals surface area (Å²) in [7, 11) is 2.02. The fourth-order valence-corrected chi connectivity index (χ4v) is 3.85. The molecule has 0 radical (unpaired) electrons. The van der Waals surface area contributed by atoms with Gasteiger partial charge in [-0.15, -0.1) is 0 Å². The molecule has 0 amide bonds. The molecule has 0 atom stereocenters. The summed E-state index contributed by atoms with van der Waals surface area (Å²) in [6, 6.07) is 4.12. The monoisotopic (exact) mass is 496 g/mol. The maximum Gasteiger partial charge on any atom is 0.201 e. The third-order valence-corrected chi connectivity index (χ3v) is 6.08. The summed E-state index contributed by atoms with van der Waals surface area (Å²) in [5, 5.41) is 22.0. The van der Waals surface area contributed by atoms with Crippen molar-refractivity contribution in [2.45, 2.75) is 26.7 Å². The number of anilines is 2. The van der Waals surface area contributed by atoms with Crippen molar-refractivity contribution in [3.63, 3.8) is 0 Å². The quantitative estimate of drug-likeness (QED) is 0.166. The van der Waals surface area contributed by atoms with Crippen molar-refractivity contribution in [3.8, 4) is 0 Å². The SMILES string of the molecule is CCC(CC)CN(C)CCNc1nc2c(F)c(F)cc(C(=N)N(O)c3ccc(F)c(Cl)c3)c2[nH]1. The summed E-state index contributed by atoms with van der Waals surface area (Å²) < 4.78 is 42.2. The number of aromatic nitrogens is 2. The Balaban J connectivity index is 1.81. The number of hydrogen-bond donors (Lipinski definition) is 4. The van der Waals surface area contributed by atoms with E-state index in [1.54, 1.807) is 0 Å². The number of nitrogens with zero attached hydrogens (tertiary/aromatic N) is 3. The zero-order valence-electron chi connectivity index (χ0n) is 19.2. The summed E-state index contributed by atoms with van der Waals surface area (Å²) in [5.74, 6) is -2.85. The van der Waals surface area contributed by atoms with Crippen molar-refractivity contribution in [2.24, 2.45) is 5.92 Å². The molecule has 0 saturated heterocycles. The minimum Gasteiger partial charge on any atom is -0.355 e. The molecule has 0 saturated carbocycles. The van der Waals surface area contributed by atoms with Gasteiger partial charge >= 0.3 is 0 Å². The zero-order chi connectivity index (χ0) is 25.0. The number of benzene rings is 2. The maximum atomic E-state index is 14.4. The molecular formula is C23H28ClF3N6O. The Labute approximate surface area is 201 Å². The highest BCUT2D eigenvalue weighted by atomic mass is 35.5. The molecule has 0 spiro atoms. The second kappa shape index (κ2) is 11.1. The van der Waals surface area contributed by atoms with Crippen LogP contribution in [0, 0.1) is 28.8 Å². The lowest BCUT2D eigenvalue weighted by Gasteiger charge is -2.22. The topological polar surface area (TPSA) is 91.3 Å². The van der Waals surface area contributed by atoms with Gasteiger partial charge in [0.1, 0.15) is 11.3 Å². The molecule has 7 nitrogen and oxygen atoms in total. The highest BCUT2D eigenvalue weighted by molar-refractivity contribution is 6.31. The van der Waals surface area contributed by atoms with Gasteiger partial charge in [-0.05, 0) is 37.2 Å². The summed E-state index contributed by atoms with van der Waals surface area (Å²) in [5.41, 5.74) is -0.432. The van der Waals surface area contributed by atoms with E-state index < -0.39 is 23.3 Å². The first-order chi connectivity index (χ1) is 16.2. The molecule has 0 aliphatic heterocycles. The standard InChI is InChI=1S/C23H28ClF3N6O/c1-4-13(5-2)12-32(3)9-8-29-23-30-20-15(11-18(26)19(27)21(20)31-23)22(28)33(34)14-6-7-17(25)16(24)10-14/h6-7,10-11,13,28,34H,4-5,8-9,12H2,1-3H3,(H2,29,30,31). The predicted octanol–water partition coefficient (Wildman–Crippen LogP) is 5.63. The average Bonchev–Trinajstić information content (AvgIpc) is 3.25. The Hall–Kier alpha value is -2.82. The predicted molar refractivity (Wildman–Crippen MR) is 129 cm³/mol. The van der Waals surface area contributed by atoms with Crippen molar-refractivity contribution in [3.05, 3.63) is 52.3 Å². The van der Waals surface area contributed by atoms with Crippen molar-refractivity contribution in [2.75, 3.05) is 37.1 Å². The largest absolute Gasteiger partial charge is 0.355 e. The van der Waals surface area contributed by atoms with E-state index in [0.717, 1.165) is 37.6 Å². The van der Waals surface area contributed by atoms with Crippen LogP contribution in [0.4, 0.5) is 24.8 Å². The van der Waals surface area contributed by atoms with E-state index in [4.69, 9.17) is 17.0 Å². The molecular weight excluding hydrogens is 469 g/mol. The van der Waals surface area contributed by atoms with Crippen molar-refractivity contribution in [1.29, 1.82) is 5.41 Å². The van der Waals surface area contributed by atoms with Crippen LogP contribution in [0.2, 0.25) is 5.02 Å². The van der Waals surface area contributed by atoms with Crippen LogP contribution in [0.15, 0.2) is 24.3 Å². The zero-order valence-corrected chi connectivity index (χ0v) is 20.0. The van der Waals surface area contributed by atoms with Gasteiger partial charge in [0.2, 0.25) is 5.95 Å². The number of likely N-dealkylation sites (N-methyl/N-ethyl adjacent to an activating group) is 1. The summed E-state index contributed by atoms with van der Waals surface area (Å²) >= 11 is 5.75. The van der Waals surface area contributed by atoms with Gasteiger partial charge in [0.15, 0.2) is 17.5 Å². The molecule has 0 bridgehead atoms. The van der Waals surface area contributed by atoms with Gasteiger partial charge in [-0.25, -0.2) is 23.2 Å². The van der Waals surface area contributed by atoms with Crippen molar-refractivity contribution >= 4 is 40.1 Å². The van der Waals surface area contributed by atoms with E-state index >= 15 is 0 Å². The third-order valence-electron chi connectivity index (χ3n) is 5.79. The molecule has 3 aromatic rings. The fraction of sp³-hybridized carbons (Fsp3) is 0.391. The van der Waals surface area contributed by atoms with Gasteiger partial charge in [0.25, 0.3) is 0 Å². The average molecular weight is 497 g/mol. The maximum absolute atomic E-state index is 14.4. The smallest absolute Gasteiger partial charge is 0.201 e. The van der Waals surface area contributed by atoms with E-state index in [1.165, 1.54) is 6.07 Å². The number of aromatic amines is 1. The van der Waals surface area contributed by atoms with Gasteiger partial charge in [-0.2, -0.15) is 0 Å². The lowest BCUT2D eigenvalue weighted by Crippen LogP contribution is -2.30. The van der Waals surface area contributed by atoms with Crippen LogP contribution in [-0.4, -0.2) is 52.6 Å². The molecule has 2 aromatic carbocycles. The number of H-pyrrole nitrogens is 1. The third kappa shape index (κ3) is 5.63. The number of hydrogen-bond acceptors (Lipinski definition) is 5. The minimum absolute atomic E-state index is 0.0207. The molecule has 3 rings (SSSR count). The van der Waals surface area contributed by atoms with Gasteiger partial charge in [0, 0.05) is 25.2 Å². The highest BCUT2D eigenvalue weighted by Gasteiger charge is 2.23. The molecule has 184 valence electrons. The van der Waals surface area contributed by atoms with Gasteiger partial charge in [-0.3, -0.25) is 10.6 Å². The molecule has 11 heteroatoms. The first kappa shape index (κ1) is 25.8. The number of hydroxylamine groups is 1. The van der Waals surface area contributed by atoms with Crippen molar-refractivity contribution < 1.29 is 18.4 Å². The van der Waals surface area contributed by atoms with Crippen LogP contribution < -0.4 is 10.4 Å². The fourth-order valence-electron chi connectivity index (χ4n) is 3.68. The van der Waals surface area contributed by atoms with Crippen LogP contribution in [0.5, 0.6) is 0 Å². The molecule has 0 unspecified atom stereocenters. The number of amidine groups is 1. The molecule has 1 aromatic heterocycles. The summed E-state index contributed by atoms with van der Waals surface area (Å²) in [4.78, 5) is 9.15. The van der Waals surface area contributed by atoms with E-state index in [0.29, 0.717) is 24.1 Å². The summed E-state index contributed by atoms with van der Waals surface area (Å²) in [6.07, 6.45) is 2.20. The summed E-state index contributed by atoms with van der Waals surface area (Å²) in [6.45, 7) is 6.50. The Morgan fingerprint density at radius 3 is 2.56 bits per heavy atom. The van der Waals surface area contributed by atoms with Crippen LogP contribution in [0.1, 0.15) is 32.3 Å². The van der Waals surface area contributed by atoms with Crippen LogP contribution in [0.25, 0.3) is 11.0 Å². The Morgan fingerprint density at radius 1 is 1.21 bits per heavy atom. The van der Waals surface area contributed by atoms with Gasteiger partial charge in [-0.1, -0.05) is 38.3 Å². The molecule has 34 heavy (non-hydrogen) atoms. The number of nitrogens with one attached hydrogen (secondary N) is 3. The lowest BCUT2D eigenvalue weighted by atomic mass is 10.0. The van der Waals surface area contributed by atoms with Gasteiger partial charge < -0.3 is 15.2 Å². The van der Waals surface area contributed by atoms with Crippen LogP contribution in [-0.2, 0) is 0 Å². The van der Waals surface area contributed by atoms with E-state index in [2.05, 4.69) is 34.0 Å². The second-order valence-corrected chi connectivity index (χ2v) is 8.57. The number of imidazole rings is 1. The van der Waals surface area contributed by atoms with E-state index in [1.807, 2.05) is 7.05 Å². The van der Waals surface area contributed by atoms with E-state index in [9.17, 15) is 18.4 Å². The molecule has 1 heterocycles.